The third kappa shape index (κ3) is 3.25. The number of hydrogen-bond acceptors (Lipinski definition) is 2. The second-order valence-corrected chi connectivity index (χ2v) is 5.28. The molecule has 0 aliphatic carbocycles. The Hall–Kier alpha value is -1.58. The molecule has 104 valence electrons. The van der Waals surface area contributed by atoms with Crippen molar-refractivity contribution in [3.63, 3.8) is 0 Å². The largest absolute Gasteiger partial charge is 0.339 e. The summed E-state index contributed by atoms with van der Waals surface area (Å²) in [5.74, 6) is 0.129. The molecule has 1 aliphatic heterocycles. The number of likely N-dealkylation sites (tertiary alicyclic amines) is 1. The Bertz CT molecular complexity index is 480. The average molecular weight is 261 g/mol. The zero-order valence-electron chi connectivity index (χ0n) is 12.1. The maximum Gasteiger partial charge on any atom is 0.246 e. The van der Waals surface area contributed by atoms with E-state index in [2.05, 4.69) is 5.10 Å². The van der Waals surface area contributed by atoms with Crippen LogP contribution in [0.15, 0.2) is 6.08 Å². The molecule has 0 radical (unpaired) electrons. The van der Waals surface area contributed by atoms with Gasteiger partial charge in [-0.25, -0.2) is 0 Å². The van der Waals surface area contributed by atoms with Gasteiger partial charge in [0.1, 0.15) is 0 Å². The maximum absolute atomic E-state index is 12.2. The standard InChI is InChI=1S/C15H23N3O/c1-12-14(13(2)17(3)16-12)8-9-15(19)18-10-6-4-5-7-11-18/h8-9H,4-7,10-11H2,1-3H3. The molecular weight excluding hydrogens is 238 g/mol. The highest BCUT2D eigenvalue weighted by Gasteiger charge is 2.13. The van der Waals surface area contributed by atoms with Crippen molar-refractivity contribution in [2.45, 2.75) is 39.5 Å². The predicted octanol–water partition coefficient (Wildman–Crippen LogP) is 2.45. The highest BCUT2D eigenvalue weighted by molar-refractivity contribution is 5.92. The van der Waals surface area contributed by atoms with Crippen molar-refractivity contribution >= 4 is 12.0 Å². The molecule has 1 amide bonds. The van der Waals surface area contributed by atoms with Gasteiger partial charge in [-0.15, -0.1) is 0 Å². The second kappa shape index (κ2) is 6.04. The van der Waals surface area contributed by atoms with Crippen molar-refractivity contribution in [2.75, 3.05) is 13.1 Å². The minimum Gasteiger partial charge on any atom is -0.339 e. The molecule has 4 nitrogen and oxygen atoms in total. The molecule has 0 unspecified atom stereocenters. The molecule has 2 heterocycles. The summed E-state index contributed by atoms with van der Waals surface area (Å²) in [7, 11) is 1.93. The molecule has 0 aromatic carbocycles. The van der Waals surface area contributed by atoms with E-state index < -0.39 is 0 Å². The molecule has 4 heteroatoms. The van der Waals surface area contributed by atoms with Crippen molar-refractivity contribution in [3.05, 3.63) is 23.0 Å². The Labute approximate surface area is 115 Å². The van der Waals surface area contributed by atoms with Gasteiger partial charge >= 0.3 is 0 Å². The summed E-state index contributed by atoms with van der Waals surface area (Å²) in [4.78, 5) is 14.1. The van der Waals surface area contributed by atoms with Crippen LogP contribution in [0.25, 0.3) is 6.08 Å². The smallest absolute Gasteiger partial charge is 0.246 e. The fourth-order valence-corrected chi connectivity index (χ4v) is 2.58. The van der Waals surface area contributed by atoms with Crippen LogP contribution in [-0.2, 0) is 11.8 Å². The molecule has 0 bridgehead atoms. The lowest BCUT2D eigenvalue weighted by Crippen LogP contribution is -2.30. The van der Waals surface area contributed by atoms with Gasteiger partial charge in [0.2, 0.25) is 5.91 Å². The summed E-state index contributed by atoms with van der Waals surface area (Å²) < 4.78 is 1.85. The number of carbonyl (C=O) groups excluding carboxylic acids is 1. The number of aromatic nitrogens is 2. The fourth-order valence-electron chi connectivity index (χ4n) is 2.58. The first-order valence-electron chi connectivity index (χ1n) is 7.07. The average Bonchev–Trinajstić information content (AvgIpc) is 2.62. The first kappa shape index (κ1) is 13.8. The topological polar surface area (TPSA) is 38.1 Å². The SMILES string of the molecule is Cc1nn(C)c(C)c1C=CC(=O)N1CCCCCC1. The summed E-state index contributed by atoms with van der Waals surface area (Å²) in [6.07, 6.45) is 8.35. The molecule has 1 fully saturated rings. The molecule has 0 spiro atoms. The van der Waals surface area contributed by atoms with E-state index in [1.807, 2.05) is 36.6 Å². The minimum atomic E-state index is 0.129. The van der Waals surface area contributed by atoms with Gasteiger partial charge in [-0.2, -0.15) is 5.10 Å². The Morgan fingerprint density at radius 2 is 1.79 bits per heavy atom. The molecule has 19 heavy (non-hydrogen) atoms. The molecule has 0 saturated carbocycles. The van der Waals surface area contributed by atoms with E-state index >= 15 is 0 Å². The third-order valence-electron chi connectivity index (χ3n) is 3.88. The van der Waals surface area contributed by atoms with Gasteiger partial charge in [-0.3, -0.25) is 9.48 Å². The van der Waals surface area contributed by atoms with Crippen molar-refractivity contribution < 1.29 is 4.79 Å². The van der Waals surface area contributed by atoms with Crippen LogP contribution >= 0.6 is 0 Å². The fraction of sp³-hybridized carbons (Fsp3) is 0.600. The number of nitrogens with zero attached hydrogens (tertiary/aromatic N) is 3. The van der Waals surface area contributed by atoms with E-state index in [-0.39, 0.29) is 5.91 Å². The van der Waals surface area contributed by atoms with E-state index in [4.69, 9.17) is 0 Å². The Morgan fingerprint density at radius 3 is 2.32 bits per heavy atom. The number of rotatable bonds is 2. The highest BCUT2D eigenvalue weighted by atomic mass is 16.2. The maximum atomic E-state index is 12.2. The Kier molecular flexibility index (Phi) is 4.40. The van der Waals surface area contributed by atoms with Gasteiger partial charge in [0, 0.05) is 37.5 Å². The van der Waals surface area contributed by atoms with Gasteiger partial charge in [0.25, 0.3) is 0 Å². The summed E-state index contributed by atoms with van der Waals surface area (Å²) in [6, 6.07) is 0. The zero-order chi connectivity index (χ0) is 13.8. The van der Waals surface area contributed by atoms with Gasteiger partial charge in [-0.1, -0.05) is 12.8 Å². The molecule has 2 rings (SSSR count). The Balaban J connectivity index is 2.06. The summed E-state index contributed by atoms with van der Waals surface area (Å²) in [5, 5.41) is 4.36. The molecule has 0 N–H and O–H groups in total. The lowest BCUT2D eigenvalue weighted by molar-refractivity contribution is -0.125. The molecule has 1 aromatic heterocycles. The van der Waals surface area contributed by atoms with Gasteiger partial charge in [-0.05, 0) is 32.8 Å². The minimum absolute atomic E-state index is 0.129. The lowest BCUT2D eigenvalue weighted by Gasteiger charge is -2.17. The molecule has 1 saturated heterocycles. The highest BCUT2D eigenvalue weighted by Crippen LogP contribution is 2.15. The second-order valence-electron chi connectivity index (χ2n) is 5.28. The van der Waals surface area contributed by atoms with Gasteiger partial charge in [0.15, 0.2) is 0 Å². The molecule has 0 atom stereocenters. The van der Waals surface area contributed by atoms with Crippen LogP contribution in [0.1, 0.15) is 42.6 Å². The van der Waals surface area contributed by atoms with Crippen LogP contribution in [-0.4, -0.2) is 33.7 Å². The number of carbonyl (C=O) groups is 1. The molecule has 1 aliphatic rings. The lowest BCUT2D eigenvalue weighted by atomic mass is 10.2. The predicted molar refractivity (Wildman–Crippen MR) is 76.8 cm³/mol. The first-order chi connectivity index (χ1) is 9.09. The summed E-state index contributed by atoms with van der Waals surface area (Å²) in [5.41, 5.74) is 3.13. The van der Waals surface area contributed by atoms with E-state index in [1.165, 1.54) is 12.8 Å². The van der Waals surface area contributed by atoms with Crippen molar-refractivity contribution in [1.29, 1.82) is 0 Å². The van der Waals surface area contributed by atoms with E-state index in [0.717, 1.165) is 42.9 Å². The summed E-state index contributed by atoms with van der Waals surface area (Å²) >= 11 is 0. The number of amides is 1. The summed E-state index contributed by atoms with van der Waals surface area (Å²) in [6.45, 7) is 5.79. The molecule has 1 aromatic rings. The third-order valence-corrected chi connectivity index (χ3v) is 3.88. The van der Waals surface area contributed by atoms with Crippen molar-refractivity contribution in [2.24, 2.45) is 7.05 Å². The molecular formula is C15H23N3O. The van der Waals surface area contributed by atoms with Crippen LogP contribution < -0.4 is 0 Å². The van der Waals surface area contributed by atoms with E-state index in [1.54, 1.807) is 6.08 Å². The van der Waals surface area contributed by atoms with Crippen LogP contribution in [0.3, 0.4) is 0 Å². The monoisotopic (exact) mass is 261 g/mol. The first-order valence-corrected chi connectivity index (χ1v) is 7.07. The van der Waals surface area contributed by atoms with Crippen LogP contribution in [0.4, 0.5) is 0 Å². The van der Waals surface area contributed by atoms with Crippen LogP contribution in [0, 0.1) is 13.8 Å². The van der Waals surface area contributed by atoms with Crippen LogP contribution in [0.2, 0.25) is 0 Å². The zero-order valence-corrected chi connectivity index (χ0v) is 12.1. The quantitative estimate of drug-likeness (QED) is 0.767. The van der Waals surface area contributed by atoms with Crippen LogP contribution in [0.5, 0.6) is 0 Å². The van der Waals surface area contributed by atoms with E-state index in [9.17, 15) is 4.79 Å². The number of hydrogen-bond donors (Lipinski definition) is 0. The number of aryl methyl sites for hydroxylation is 2. The van der Waals surface area contributed by atoms with Crippen molar-refractivity contribution in [1.82, 2.24) is 14.7 Å². The Morgan fingerprint density at radius 1 is 1.16 bits per heavy atom. The van der Waals surface area contributed by atoms with Gasteiger partial charge in [0.05, 0.1) is 5.69 Å². The van der Waals surface area contributed by atoms with E-state index in [0.29, 0.717) is 0 Å². The normalized spacial score (nSPS) is 16.9. The van der Waals surface area contributed by atoms with Gasteiger partial charge < -0.3 is 4.90 Å². The van der Waals surface area contributed by atoms with Crippen molar-refractivity contribution in [3.8, 4) is 0 Å².